The van der Waals surface area contributed by atoms with Gasteiger partial charge in [-0.1, -0.05) is 12.1 Å². The minimum absolute atomic E-state index is 0.169. The minimum Gasteiger partial charge on any atom is -0.497 e. The summed E-state index contributed by atoms with van der Waals surface area (Å²) < 4.78 is 10.9. The molecule has 3 rings (SSSR count). The highest BCUT2D eigenvalue weighted by Crippen LogP contribution is 2.20. The van der Waals surface area contributed by atoms with Crippen molar-refractivity contribution in [3.63, 3.8) is 0 Å². The number of hydrogen-bond donors (Lipinski definition) is 1. The van der Waals surface area contributed by atoms with E-state index in [1.54, 1.807) is 38.3 Å². The third-order valence-corrected chi connectivity index (χ3v) is 5.44. The van der Waals surface area contributed by atoms with E-state index in [2.05, 4.69) is 33.3 Å². The molecule has 0 aliphatic carbocycles. The Labute approximate surface area is 184 Å². The molecule has 0 radical (unpaired) electrons. The third kappa shape index (κ3) is 6.37. The number of benzene rings is 2. The lowest BCUT2D eigenvalue weighted by atomic mass is 10.2. The van der Waals surface area contributed by atoms with E-state index >= 15 is 0 Å². The Kier molecular flexibility index (Phi) is 8.13. The number of para-hydroxylation sites is 1. The molecule has 1 aliphatic heterocycles. The van der Waals surface area contributed by atoms with E-state index in [1.165, 1.54) is 5.69 Å². The second-order valence-corrected chi connectivity index (χ2v) is 7.54. The van der Waals surface area contributed by atoms with Crippen LogP contribution in [0.1, 0.15) is 18.9 Å². The van der Waals surface area contributed by atoms with Crippen molar-refractivity contribution in [1.29, 1.82) is 5.26 Å². The zero-order valence-corrected chi connectivity index (χ0v) is 18.2. The van der Waals surface area contributed by atoms with Crippen LogP contribution in [0, 0.1) is 11.3 Å². The fourth-order valence-electron chi connectivity index (χ4n) is 3.59. The zero-order valence-electron chi connectivity index (χ0n) is 18.2. The molecule has 0 saturated carbocycles. The van der Waals surface area contributed by atoms with Crippen molar-refractivity contribution in [3.05, 3.63) is 54.1 Å². The average Bonchev–Trinajstić information content (AvgIpc) is 2.82. The molecule has 1 heterocycles. The molecule has 7 heteroatoms. The summed E-state index contributed by atoms with van der Waals surface area (Å²) in [5, 5.41) is 12.1. The summed E-state index contributed by atoms with van der Waals surface area (Å²) in [4.78, 5) is 17.1. The van der Waals surface area contributed by atoms with Crippen LogP contribution in [0.15, 0.2) is 48.5 Å². The predicted molar refractivity (Wildman–Crippen MR) is 121 cm³/mol. The summed E-state index contributed by atoms with van der Waals surface area (Å²) >= 11 is 0. The molecule has 2 aromatic rings. The van der Waals surface area contributed by atoms with Gasteiger partial charge in [0, 0.05) is 38.4 Å². The van der Waals surface area contributed by atoms with Gasteiger partial charge in [0.05, 0.1) is 12.7 Å². The van der Waals surface area contributed by atoms with Crippen molar-refractivity contribution in [3.8, 4) is 17.6 Å². The largest absolute Gasteiger partial charge is 0.497 e. The molecule has 1 N–H and O–H groups in total. The van der Waals surface area contributed by atoms with Crippen LogP contribution in [0.5, 0.6) is 11.5 Å². The van der Waals surface area contributed by atoms with Gasteiger partial charge in [0.15, 0.2) is 6.10 Å². The molecule has 31 heavy (non-hydrogen) atoms. The zero-order chi connectivity index (χ0) is 22.1. The molecule has 0 aromatic heterocycles. The molecule has 7 nitrogen and oxygen atoms in total. The lowest BCUT2D eigenvalue weighted by Crippen LogP contribution is -2.47. The quantitative estimate of drug-likeness (QED) is 0.626. The maximum atomic E-state index is 12.3. The Morgan fingerprint density at radius 3 is 2.52 bits per heavy atom. The first kappa shape index (κ1) is 22.4. The van der Waals surface area contributed by atoms with Crippen molar-refractivity contribution in [1.82, 2.24) is 10.2 Å². The lowest BCUT2D eigenvalue weighted by molar-refractivity contribution is -0.127. The molecule has 164 valence electrons. The van der Waals surface area contributed by atoms with Gasteiger partial charge in [0.25, 0.3) is 5.91 Å². The molecule has 1 saturated heterocycles. The first-order valence-corrected chi connectivity index (χ1v) is 10.7. The van der Waals surface area contributed by atoms with Gasteiger partial charge in [-0.2, -0.15) is 5.26 Å². The van der Waals surface area contributed by atoms with E-state index in [9.17, 15) is 4.79 Å². The van der Waals surface area contributed by atoms with Crippen LogP contribution >= 0.6 is 0 Å². The fourth-order valence-corrected chi connectivity index (χ4v) is 3.59. The number of nitrogens with zero attached hydrogens (tertiary/aromatic N) is 3. The predicted octanol–water partition coefficient (Wildman–Crippen LogP) is 2.66. The highest BCUT2D eigenvalue weighted by molar-refractivity contribution is 5.80. The summed E-state index contributed by atoms with van der Waals surface area (Å²) in [6.07, 6.45) is 0.234. The van der Waals surface area contributed by atoms with E-state index in [-0.39, 0.29) is 5.91 Å². The number of piperazine rings is 1. The molecule has 1 fully saturated rings. The van der Waals surface area contributed by atoms with Crippen LogP contribution in [0.3, 0.4) is 0 Å². The molecule has 1 atom stereocenters. The summed E-state index contributed by atoms with van der Waals surface area (Å²) in [5.74, 6) is 1.14. The number of nitriles is 1. The number of hydrogen-bond acceptors (Lipinski definition) is 6. The van der Waals surface area contributed by atoms with Gasteiger partial charge < -0.3 is 19.7 Å². The van der Waals surface area contributed by atoms with E-state index in [1.807, 2.05) is 12.1 Å². The van der Waals surface area contributed by atoms with E-state index in [0.717, 1.165) is 44.9 Å². The van der Waals surface area contributed by atoms with Crippen LogP contribution in [-0.2, 0) is 4.79 Å². The van der Waals surface area contributed by atoms with Crippen LogP contribution in [-0.4, -0.2) is 63.3 Å². The number of ether oxygens (including phenoxy) is 2. The molecule has 1 aliphatic rings. The number of anilines is 1. The molecule has 2 aromatic carbocycles. The Bertz CT molecular complexity index is 886. The number of amides is 1. The van der Waals surface area contributed by atoms with E-state index in [0.29, 0.717) is 17.9 Å². The molecule has 1 unspecified atom stereocenters. The number of carbonyl (C=O) groups excluding carboxylic acids is 1. The number of carbonyl (C=O) groups is 1. The van der Waals surface area contributed by atoms with Crippen LogP contribution in [0.4, 0.5) is 5.69 Å². The second kappa shape index (κ2) is 11.2. The Balaban J connectivity index is 1.33. The van der Waals surface area contributed by atoms with Gasteiger partial charge in [-0.3, -0.25) is 9.69 Å². The van der Waals surface area contributed by atoms with Gasteiger partial charge in [0.2, 0.25) is 0 Å². The summed E-state index contributed by atoms with van der Waals surface area (Å²) in [6.45, 7) is 7.23. The normalized spacial score (nSPS) is 15.1. The molecular weight excluding hydrogens is 392 g/mol. The monoisotopic (exact) mass is 422 g/mol. The minimum atomic E-state index is -0.650. The Morgan fingerprint density at radius 2 is 1.84 bits per heavy atom. The Morgan fingerprint density at radius 1 is 1.13 bits per heavy atom. The smallest absolute Gasteiger partial charge is 0.260 e. The van der Waals surface area contributed by atoms with Crippen molar-refractivity contribution in [2.24, 2.45) is 0 Å². The topological polar surface area (TPSA) is 77.8 Å². The average molecular weight is 423 g/mol. The third-order valence-electron chi connectivity index (χ3n) is 5.44. The van der Waals surface area contributed by atoms with Crippen LogP contribution in [0.25, 0.3) is 0 Å². The first-order valence-electron chi connectivity index (χ1n) is 10.7. The lowest BCUT2D eigenvalue weighted by Gasteiger charge is -2.36. The van der Waals surface area contributed by atoms with Gasteiger partial charge in [-0.05, 0) is 56.3 Å². The maximum absolute atomic E-state index is 12.3. The van der Waals surface area contributed by atoms with Crippen LogP contribution < -0.4 is 19.7 Å². The Hall–Kier alpha value is -3.24. The second-order valence-electron chi connectivity index (χ2n) is 7.54. The molecule has 0 spiro atoms. The summed E-state index contributed by atoms with van der Waals surface area (Å²) in [6, 6.07) is 17.2. The highest BCUT2D eigenvalue weighted by atomic mass is 16.5. The van der Waals surface area contributed by atoms with Gasteiger partial charge in [0.1, 0.15) is 17.6 Å². The van der Waals surface area contributed by atoms with Crippen LogP contribution in [0.2, 0.25) is 0 Å². The first-order chi connectivity index (χ1) is 15.1. The van der Waals surface area contributed by atoms with E-state index in [4.69, 9.17) is 14.7 Å². The van der Waals surface area contributed by atoms with Gasteiger partial charge >= 0.3 is 0 Å². The SMILES string of the molecule is COc1ccc(N2CCN(CCCNC(=O)C(C)Oc3ccccc3C#N)CC2)cc1. The number of rotatable bonds is 9. The standard InChI is InChI=1S/C24H30N4O3/c1-19(31-23-7-4-3-6-20(23)18-25)24(29)26-12-5-13-27-14-16-28(17-15-27)21-8-10-22(30-2)11-9-21/h3-4,6-11,19H,5,12-17H2,1-2H3,(H,26,29). The van der Waals surface area contributed by atoms with Crippen molar-refractivity contribution in [2.75, 3.05) is 51.3 Å². The summed E-state index contributed by atoms with van der Waals surface area (Å²) in [5.41, 5.74) is 1.65. The summed E-state index contributed by atoms with van der Waals surface area (Å²) in [7, 11) is 1.68. The van der Waals surface area contributed by atoms with Crippen molar-refractivity contribution in [2.45, 2.75) is 19.4 Å². The molecule has 1 amide bonds. The highest BCUT2D eigenvalue weighted by Gasteiger charge is 2.18. The molecule has 0 bridgehead atoms. The van der Waals surface area contributed by atoms with Crippen molar-refractivity contribution < 1.29 is 14.3 Å². The fraction of sp³-hybridized carbons (Fsp3) is 0.417. The van der Waals surface area contributed by atoms with Crippen molar-refractivity contribution >= 4 is 11.6 Å². The van der Waals surface area contributed by atoms with E-state index < -0.39 is 6.10 Å². The number of methoxy groups -OCH3 is 1. The maximum Gasteiger partial charge on any atom is 0.260 e. The molecular formula is C24H30N4O3. The van der Waals surface area contributed by atoms with Gasteiger partial charge in [-0.25, -0.2) is 0 Å². The van der Waals surface area contributed by atoms with Gasteiger partial charge in [-0.15, -0.1) is 0 Å². The number of nitrogens with one attached hydrogen (secondary N) is 1.